The van der Waals surface area contributed by atoms with Crippen LogP contribution in [-0.4, -0.2) is 64.7 Å². The Morgan fingerprint density at radius 3 is 2.58 bits per heavy atom. The van der Waals surface area contributed by atoms with Crippen LogP contribution in [0.4, 0.5) is 11.5 Å². The molecule has 0 bridgehead atoms. The molecule has 2 saturated heterocycles. The highest BCUT2D eigenvalue weighted by atomic mass is 16.2. The van der Waals surface area contributed by atoms with Gasteiger partial charge in [-0.2, -0.15) is 5.10 Å². The van der Waals surface area contributed by atoms with Crippen LogP contribution in [0.3, 0.4) is 0 Å². The van der Waals surface area contributed by atoms with Gasteiger partial charge in [0.2, 0.25) is 5.91 Å². The number of amides is 1. The molecule has 0 radical (unpaired) electrons. The van der Waals surface area contributed by atoms with Gasteiger partial charge in [0.05, 0.1) is 11.6 Å². The third-order valence-corrected chi connectivity index (χ3v) is 7.58. The van der Waals surface area contributed by atoms with Crippen LogP contribution in [0.1, 0.15) is 36.9 Å². The van der Waals surface area contributed by atoms with Crippen LogP contribution in [0.5, 0.6) is 0 Å². The number of aromatic nitrogens is 3. The molecule has 1 amide bonds. The topological polar surface area (TPSA) is 57.0 Å². The Bertz CT molecular complexity index is 1130. The van der Waals surface area contributed by atoms with Crippen molar-refractivity contribution in [2.24, 2.45) is 5.92 Å². The van der Waals surface area contributed by atoms with E-state index in [1.807, 2.05) is 23.0 Å². The summed E-state index contributed by atoms with van der Waals surface area (Å²) in [5.41, 5.74) is 5.01. The van der Waals surface area contributed by atoms with Crippen LogP contribution in [-0.2, 0) is 17.6 Å². The van der Waals surface area contributed by atoms with Crippen molar-refractivity contribution in [3.05, 3.63) is 54.0 Å². The molecule has 1 aromatic carbocycles. The molecule has 3 aliphatic rings. The number of fused-ring (bicyclic) bond motifs is 3. The molecule has 0 N–H and O–H groups in total. The Morgan fingerprint density at radius 1 is 0.909 bits per heavy atom. The highest BCUT2D eigenvalue weighted by Gasteiger charge is 2.33. The lowest BCUT2D eigenvalue weighted by molar-refractivity contribution is -0.136. The average Bonchev–Trinajstić information content (AvgIpc) is 3.28. The number of para-hydroxylation sites is 1. The lowest BCUT2D eigenvalue weighted by Crippen LogP contribution is -2.52. The zero-order chi connectivity index (χ0) is 22.2. The van der Waals surface area contributed by atoms with Crippen LogP contribution in [0, 0.1) is 5.92 Å². The normalized spacial score (nSPS) is 21.3. The first-order valence-corrected chi connectivity index (χ1v) is 12.5. The highest BCUT2D eigenvalue weighted by Crippen LogP contribution is 2.32. The van der Waals surface area contributed by atoms with Gasteiger partial charge in [-0.05, 0) is 50.7 Å². The molecule has 4 heterocycles. The number of rotatable bonds is 3. The van der Waals surface area contributed by atoms with Crippen LogP contribution in [0.2, 0.25) is 0 Å². The molecular weight excluding hydrogens is 412 g/mol. The van der Waals surface area contributed by atoms with Crippen molar-refractivity contribution in [2.75, 3.05) is 49.1 Å². The molecule has 2 aromatic heterocycles. The van der Waals surface area contributed by atoms with E-state index in [9.17, 15) is 4.79 Å². The van der Waals surface area contributed by atoms with E-state index in [1.165, 1.54) is 29.8 Å². The molecule has 0 spiro atoms. The molecule has 7 heteroatoms. The second-order valence-corrected chi connectivity index (χ2v) is 9.61. The highest BCUT2D eigenvalue weighted by molar-refractivity contribution is 5.81. The summed E-state index contributed by atoms with van der Waals surface area (Å²) in [7, 11) is 0. The summed E-state index contributed by atoms with van der Waals surface area (Å²) >= 11 is 0. The SMILES string of the molecule is O=C(C1CCCN(c2nccn3nc4c(c23)CCCC4)C1)N1CCN(c2ccccc2)CC1. The maximum Gasteiger partial charge on any atom is 0.227 e. The minimum Gasteiger partial charge on any atom is -0.368 e. The first kappa shape index (κ1) is 20.5. The van der Waals surface area contributed by atoms with Gasteiger partial charge in [0, 0.05) is 62.9 Å². The second kappa shape index (κ2) is 8.69. The molecular formula is C26H32N6O. The summed E-state index contributed by atoms with van der Waals surface area (Å²) in [6, 6.07) is 10.5. The number of nitrogens with zero attached hydrogens (tertiary/aromatic N) is 6. The Labute approximate surface area is 195 Å². The Morgan fingerprint density at radius 2 is 1.73 bits per heavy atom. The first-order valence-electron chi connectivity index (χ1n) is 12.5. The lowest BCUT2D eigenvalue weighted by Gasteiger charge is -2.40. The average molecular weight is 445 g/mol. The fourth-order valence-corrected chi connectivity index (χ4v) is 5.83. The summed E-state index contributed by atoms with van der Waals surface area (Å²) in [6.07, 6.45) is 10.4. The van der Waals surface area contributed by atoms with Crippen LogP contribution < -0.4 is 9.80 Å². The molecule has 2 fully saturated rings. The molecule has 2 aliphatic heterocycles. The van der Waals surface area contributed by atoms with Crippen molar-refractivity contribution >= 4 is 22.9 Å². The van der Waals surface area contributed by atoms with Gasteiger partial charge in [0.25, 0.3) is 0 Å². The predicted molar refractivity (Wildman–Crippen MR) is 130 cm³/mol. The molecule has 172 valence electrons. The molecule has 0 saturated carbocycles. The van der Waals surface area contributed by atoms with Crippen molar-refractivity contribution in [2.45, 2.75) is 38.5 Å². The number of hydrogen-bond donors (Lipinski definition) is 0. The van der Waals surface area contributed by atoms with Crippen molar-refractivity contribution in [1.29, 1.82) is 0 Å². The summed E-state index contributed by atoms with van der Waals surface area (Å²) in [5, 5.41) is 4.84. The molecule has 1 aliphatic carbocycles. The minimum atomic E-state index is 0.0443. The van der Waals surface area contributed by atoms with Crippen LogP contribution in [0.25, 0.3) is 5.52 Å². The number of hydrogen-bond acceptors (Lipinski definition) is 5. The van der Waals surface area contributed by atoms with Gasteiger partial charge in [-0.15, -0.1) is 0 Å². The minimum absolute atomic E-state index is 0.0443. The maximum atomic E-state index is 13.5. The molecule has 33 heavy (non-hydrogen) atoms. The number of carbonyl (C=O) groups excluding carboxylic acids is 1. The first-order chi connectivity index (χ1) is 16.3. The molecule has 1 atom stereocenters. The van der Waals surface area contributed by atoms with Crippen LogP contribution >= 0.6 is 0 Å². The van der Waals surface area contributed by atoms with Crippen molar-refractivity contribution < 1.29 is 4.79 Å². The fourth-order valence-electron chi connectivity index (χ4n) is 5.83. The fraction of sp³-hybridized carbons (Fsp3) is 0.500. The van der Waals surface area contributed by atoms with Crippen molar-refractivity contribution in [3.63, 3.8) is 0 Å². The number of piperidine rings is 1. The van der Waals surface area contributed by atoms with Crippen molar-refractivity contribution in [1.82, 2.24) is 19.5 Å². The van der Waals surface area contributed by atoms with Gasteiger partial charge in [-0.25, -0.2) is 9.50 Å². The number of carbonyl (C=O) groups is 1. The predicted octanol–water partition coefficient (Wildman–Crippen LogP) is 3.17. The third kappa shape index (κ3) is 3.83. The standard InChI is InChI=1S/C26H32N6O/c33-26(30-17-15-29(16-18-30)21-8-2-1-3-9-21)20-7-6-13-31(19-20)25-24-22-10-4-5-11-23(22)28-32(24)14-12-27-25/h1-3,8-9,12,14,20H,4-7,10-11,13,15-19H2. The van der Waals surface area contributed by atoms with E-state index < -0.39 is 0 Å². The van der Waals surface area contributed by atoms with Gasteiger partial charge < -0.3 is 14.7 Å². The molecule has 3 aromatic rings. The summed E-state index contributed by atoms with van der Waals surface area (Å²) in [5.74, 6) is 1.37. The van der Waals surface area contributed by atoms with E-state index in [0.717, 1.165) is 76.3 Å². The van der Waals surface area contributed by atoms with Gasteiger partial charge in [-0.1, -0.05) is 18.2 Å². The third-order valence-electron chi connectivity index (χ3n) is 7.58. The van der Waals surface area contributed by atoms with Gasteiger partial charge in [-0.3, -0.25) is 4.79 Å². The van der Waals surface area contributed by atoms with Gasteiger partial charge >= 0.3 is 0 Å². The van der Waals surface area contributed by atoms with E-state index in [2.05, 4.69) is 39.0 Å². The number of piperazine rings is 1. The Kier molecular flexibility index (Phi) is 5.40. The summed E-state index contributed by atoms with van der Waals surface area (Å²) in [4.78, 5) is 25.1. The van der Waals surface area contributed by atoms with E-state index >= 15 is 0 Å². The summed E-state index contributed by atoms with van der Waals surface area (Å²) < 4.78 is 2.02. The quantitative estimate of drug-likeness (QED) is 0.621. The van der Waals surface area contributed by atoms with Gasteiger partial charge in [0.15, 0.2) is 5.82 Å². The van der Waals surface area contributed by atoms with Gasteiger partial charge in [0.1, 0.15) is 5.52 Å². The van der Waals surface area contributed by atoms with Crippen LogP contribution in [0.15, 0.2) is 42.7 Å². The Balaban J connectivity index is 1.17. The molecule has 6 rings (SSSR count). The zero-order valence-electron chi connectivity index (χ0n) is 19.2. The smallest absolute Gasteiger partial charge is 0.227 e. The second-order valence-electron chi connectivity index (χ2n) is 9.61. The number of benzene rings is 1. The maximum absolute atomic E-state index is 13.5. The Hall–Kier alpha value is -3.09. The monoisotopic (exact) mass is 444 g/mol. The molecule has 1 unspecified atom stereocenters. The van der Waals surface area contributed by atoms with E-state index in [1.54, 1.807) is 0 Å². The van der Waals surface area contributed by atoms with Crippen molar-refractivity contribution in [3.8, 4) is 0 Å². The molecule has 7 nitrogen and oxygen atoms in total. The number of aryl methyl sites for hydroxylation is 2. The van der Waals surface area contributed by atoms with E-state index in [-0.39, 0.29) is 5.92 Å². The lowest BCUT2D eigenvalue weighted by atomic mass is 9.94. The zero-order valence-corrected chi connectivity index (χ0v) is 19.2. The largest absolute Gasteiger partial charge is 0.368 e. The summed E-state index contributed by atoms with van der Waals surface area (Å²) in [6.45, 7) is 5.11. The van der Waals surface area contributed by atoms with E-state index in [4.69, 9.17) is 10.1 Å². The number of anilines is 2. The van der Waals surface area contributed by atoms with E-state index in [0.29, 0.717) is 5.91 Å².